The van der Waals surface area contributed by atoms with Gasteiger partial charge in [0.2, 0.25) is 0 Å². The molecular weight excluding hydrogens is 279 g/mol. The summed E-state index contributed by atoms with van der Waals surface area (Å²) >= 11 is 5.70. The van der Waals surface area contributed by atoms with E-state index in [-0.39, 0.29) is 17.1 Å². The van der Waals surface area contributed by atoms with E-state index in [1.807, 2.05) is 33.8 Å². The number of hydrogen-bond donors (Lipinski definition) is 1. The molecule has 1 N–H and O–H groups in total. The molecule has 20 heavy (non-hydrogen) atoms. The van der Waals surface area contributed by atoms with E-state index >= 15 is 0 Å². The number of benzene rings is 1. The van der Waals surface area contributed by atoms with E-state index in [0.717, 1.165) is 22.6 Å². The third-order valence-electron chi connectivity index (χ3n) is 3.47. The molecular formula is C15H18ClFN2O. The molecule has 0 aliphatic heterocycles. The summed E-state index contributed by atoms with van der Waals surface area (Å²) in [5.41, 5.74) is 2.77. The Labute approximate surface area is 123 Å². The summed E-state index contributed by atoms with van der Waals surface area (Å²) in [6.45, 7) is 7.82. The van der Waals surface area contributed by atoms with E-state index in [1.54, 1.807) is 6.07 Å². The third-order valence-corrected chi connectivity index (χ3v) is 3.77. The zero-order valence-corrected chi connectivity index (χ0v) is 12.8. The molecule has 1 heterocycles. The first-order valence-electron chi connectivity index (χ1n) is 6.54. The highest BCUT2D eigenvalue weighted by Crippen LogP contribution is 2.25. The van der Waals surface area contributed by atoms with E-state index in [2.05, 4.69) is 10.5 Å². The van der Waals surface area contributed by atoms with Crippen molar-refractivity contribution in [3.05, 3.63) is 51.6 Å². The first-order chi connectivity index (χ1) is 9.40. The largest absolute Gasteiger partial charge is 0.361 e. The number of aromatic nitrogens is 1. The van der Waals surface area contributed by atoms with Gasteiger partial charge in [-0.3, -0.25) is 0 Å². The highest BCUT2D eigenvalue weighted by molar-refractivity contribution is 6.30. The number of hydrogen-bond acceptors (Lipinski definition) is 3. The summed E-state index contributed by atoms with van der Waals surface area (Å²) in [5, 5.41) is 7.51. The molecule has 2 unspecified atom stereocenters. The number of halogens is 2. The fourth-order valence-corrected chi connectivity index (χ4v) is 2.56. The van der Waals surface area contributed by atoms with Crippen LogP contribution < -0.4 is 5.32 Å². The van der Waals surface area contributed by atoms with Gasteiger partial charge in [0, 0.05) is 17.6 Å². The molecule has 2 aromatic rings. The van der Waals surface area contributed by atoms with Crippen molar-refractivity contribution in [2.24, 2.45) is 0 Å². The fraction of sp³-hybridized carbons (Fsp3) is 0.400. The van der Waals surface area contributed by atoms with Crippen molar-refractivity contribution in [3.63, 3.8) is 0 Å². The van der Waals surface area contributed by atoms with E-state index in [0.29, 0.717) is 0 Å². The lowest BCUT2D eigenvalue weighted by Crippen LogP contribution is -2.23. The minimum absolute atomic E-state index is 0.00883. The van der Waals surface area contributed by atoms with Gasteiger partial charge in [-0.15, -0.1) is 0 Å². The van der Waals surface area contributed by atoms with Gasteiger partial charge >= 0.3 is 0 Å². The molecule has 2 rings (SSSR count). The standard InChI is InChI=1S/C15H18ClFN2O/c1-8(12-5-6-13(16)14(17)7-12)18-9(2)15-10(3)19-20-11(15)4/h5-9,18H,1-4H3. The first kappa shape index (κ1) is 15.0. The van der Waals surface area contributed by atoms with Crippen LogP contribution in [0, 0.1) is 19.7 Å². The van der Waals surface area contributed by atoms with Gasteiger partial charge in [-0.25, -0.2) is 4.39 Å². The van der Waals surface area contributed by atoms with E-state index in [1.165, 1.54) is 6.07 Å². The van der Waals surface area contributed by atoms with E-state index in [9.17, 15) is 4.39 Å². The predicted octanol–water partition coefficient (Wildman–Crippen LogP) is 4.50. The fourth-order valence-electron chi connectivity index (χ4n) is 2.44. The van der Waals surface area contributed by atoms with Crippen LogP contribution in [0.3, 0.4) is 0 Å². The minimum Gasteiger partial charge on any atom is -0.361 e. The average molecular weight is 297 g/mol. The molecule has 0 spiro atoms. The van der Waals surface area contributed by atoms with Crippen molar-refractivity contribution in [3.8, 4) is 0 Å². The molecule has 0 aliphatic rings. The highest BCUT2D eigenvalue weighted by Gasteiger charge is 2.19. The Bertz CT molecular complexity index is 592. The molecule has 0 saturated carbocycles. The number of nitrogens with zero attached hydrogens (tertiary/aromatic N) is 1. The van der Waals surface area contributed by atoms with Gasteiger partial charge in [0.1, 0.15) is 11.6 Å². The summed E-state index contributed by atoms with van der Waals surface area (Å²) in [6.07, 6.45) is 0. The monoisotopic (exact) mass is 296 g/mol. The van der Waals surface area contributed by atoms with Crippen molar-refractivity contribution < 1.29 is 8.91 Å². The van der Waals surface area contributed by atoms with Crippen molar-refractivity contribution in [1.29, 1.82) is 0 Å². The SMILES string of the molecule is Cc1noc(C)c1C(C)NC(C)c1ccc(Cl)c(F)c1. The van der Waals surface area contributed by atoms with Crippen molar-refractivity contribution in [1.82, 2.24) is 10.5 Å². The predicted molar refractivity (Wildman–Crippen MR) is 77.4 cm³/mol. The molecule has 108 valence electrons. The van der Waals surface area contributed by atoms with Gasteiger partial charge in [-0.05, 0) is 45.4 Å². The van der Waals surface area contributed by atoms with Crippen LogP contribution in [0.25, 0.3) is 0 Å². The van der Waals surface area contributed by atoms with Crippen molar-refractivity contribution in [2.75, 3.05) is 0 Å². The van der Waals surface area contributed by atoms with E-state index < -0.39 is 5.82 Å². The van der Waals surface area contributed by atoms with Gasteiger partial charge in [-0.2, -0.15) is 0 Å². The summed E-state index contributed by atoms with van der Waals surface area (Å²) in [7, 11) is 0. The van der Waals surface area contributed by atoms with Crippen LogP contribution >= 0.6 is 11.6 Å². The number of rotatable bonds is 4. The van der Waals surface area contributed by atoms with Crippen LogP contribution in [0.5, 0.6) is 0 Å². The van der Waals surface area contributed by atoms with Crippen LogP contribution in [0.15, 0.2) is 22.7 Å². The molecule has 0 radical (unpaired) electrons. The number of aryl methyl sites for hydroxylation is 2. The molecule has 0 amide bonds. The van der Waals surface area contributed by atoms with Gasteiger partial charge in [0.25, 0.3) is 0 Å². The summed E-state index contributed by atoms with van der Waals surface area (Å²) in [4.78, 5) is 0. The lowest BCUT2D eigenvalue weighted by Gasteiger charge is -2.20. The lowest BCUT2D eigenvalue weighted by molar-refractivity contribution is 0.389. The normalized spacial score (nSPS) is 14.3. The van der Waals surface area contributed by atoms with Crippen LogP contribution in [-0.2, 0) is 0 Å². The Morgan fingerprint density at radius 2 is 1.95 bits per heavy atom. The Hall–Kier alpha value is -1.39. The molecule has 1 aromatic heterocycles. The quantitative estimate of drug-likeness (QED) is 0.903. The van der Waals surface area contributed by atoms with Crippen LogP contribution in [-0.4, -0.2) is 5.16 Å². The molecule has 1 aromatic carbocycles. The zero-order valence-electron chi connectivity index (χ0n) is 12.0. The lowest BCUT2D eigenvalue weighted by atomic mass is 10.0. The van der Waals surface area contributed by atoms with Crippen molar-refractivity contribution >= 4 is 11.6 Å². The van der Waals surface area contributed by atoms with Crippen LogP contribution in [0.2, 0.25) is 5.02 Å². The van der Waals surface area contributed by atoms with Crippen LogP contribution in [0.1, 0.15) is 48.5 Å². The van der Waals surface area contributed by atoms with Gasteiger partial charge < -0.3 is 9.84 Å². The van der Waals surface area contributed by atoms with Crippen molar-refractivity contribution in [2.45, 2.75) is 39.8 Å². The summed E-state index contributed by atoms with van der Waals surface area (Å²) in [6, 6.07) is 4.91. The summed E-state index contributed by atoms with van der Waals surface area (Å²) < 4.78 is 18.7. The maximum Gasteiger partial charge on any atom is 0.142 e. The molecule has 3 nitrogen and oxygen atoms in total. The van der Waals surface area contributed by atoms with Gasteiger partial charge in [0.15, 0.2) is 0 Å². The second-order valence-electron chi connectivity index (χ2n) is 5.02. The smallest absolute Gasteiger partial charge is 0.142 e. The molecule has 0 aliphatic carbocycles. The Balaban J connectivity index is 2.15. The Morgan fingerprint density at radius 1 is 1.25 bits per heavy atom. The minimum atomic E-state index is -0.400. The second kappa shape index (κ2) is 5.94. The Kier molecular flexibility index (Phi) is 4.45. The van der Waals surface area contributed by atoms with E-state index in [4.69, 9.17) is 16.1 Å². The average Bonchev–Trinajstić information content (AvgIpc) is 2.72. The summed E-state index contributed by atoms with van der Waals surface area (Å²) in [5.74, 6) is 0.403. The maximum atomic E-state index is 13.5. The molecule has 5 heteroatoms. The highest BCUT2D eigenvalue weighted by atomic mass is 35.5. The number of nitrogens with one attached hydrogen (secondary N) is 1. The zero-order chi connectivity index (χ0) is 14.9. The first-order valence-corrected chi connectivity index (χ1v) is 6.91. The molecule has 0 saturated heterocycles. The Morgan fingerprint density at radius 3 is 2.50 bits per heavy atom. The third kappa shape index (κ3) is 3.02. The molecule has 2 atom stereocenters. The maximum absolute atomic E-state index is 13.5. The van der Waals surface area contributed by atoms with Gasteiger partial charge in [0.05, 0.1) is 10.7 Å². The topological polar surface area (TPSA) is 38.1 Å². The van der Waals surface area contributed by atoms with Gasteiger partial charge in [-0.1, -0.05) is 22.8 Å². The second-order valence-corrected chi connectivity index (χ2v) is 5.43. The molecule has 0 bridgehead atoms. The molecule has 0 fully saturated rings. The van der Waals surface area contributed by atoms with Crippen LogP contribution in [0.4, 0.5) is 4.39 Å².